The van der Waals surface area contributed by atoms with Gasteiger partial charge in [-0.2, -0.15) is 0 Å². The first kappa shape index (κ1) is 13.1. The van der Waals surface area contributed by atoms with Crippen LogP contribution in [-0.4, -0.2) is 31.6 Å². The maximum atomic E-state index is 5.77. The van der Waals surface area contributed by atoms with Gasteiger partial charge in [-0.25, -0.2) is 0 Å². The smallest absolute Gasteiger partial charge is 0.134 e. The molecule has 1 heterocycles. The van der Waals surface area contributed by atoms with Crippen molar-refractivity contribution in [3.05, 3.63) is 36.1 Å². The average molecular weight is 246 g/mol. The third kappa shape index (κ3) is 3.59. The Kier molecular flexibility index (Phi) is 4.39. The molecule has 0 amide bonds. The number of para-hydroxylation sites is 1. The monoisotopic (exact) mass is 246 g/mol. The summed E-state index contributed by atoms with van der Waals surface area (Å²) < 4.78 is 5.77. The van der Waals surface area contributed by atoms with Crippen molar-refractivity contribution >= 4 is 11.0 Å². The van der Waals surface area contributed by atoms with Crippen molar-refractivity contribution in [3.8, 4) is 0 Å². The lowest BCUT2D eigenvalue weighted by Gasteiger charge is -2.15. The summed E-state index contributed by atoms with van der Waals surface area (Å²) in [5.41, 5.74) is 0.968. The lowest BCUT2D eigenvalue weighted by Crippen LogP contribution is -2.29. The highest BCUT2D eigenvalue weighted by Crippen LogP contribution is 2.18. The molecular formula is C15H22N2O. The second kappa shape index (κ2) is 6.03. The molecule has 3 nitrogen and oxygen atoms in total. The predicted octanol–water partition coefficient (Wildman–Crippen LogP) is 2.86. The van der Waals surface area contributed by atoms with Crippen LogP contribution in [-0.2, 0) is 6.54 Å². The van der Waals surface area contributed by atoms with E-state index in [-0.39, 0.29) is 0 Å². The van der Waals surface area contributed by atoms with Crippen molar-refractivity contribution in [1.29, 1.82) is 0 Å². The highest BCUT2D eigenvalue weighted by atomic mass is 16.3. The van der Waals surface area contributed by atoms with E-state index in [0.717, 1.165) is 30.9 Å². The van der Waals surface area contributed by atoms with Crippen LogP contribution in [0, 0.1) is 0 Å². The number of rotatable bonds is 6. The molecule has 1 N–H and O–H groups in total. The fourth-order valence-electron chi connectivity index (χ4n) is 1.95. The molecular weight excluding hydrogens is 224 g/mol. The van der Waals surface area contributed by atoms with Crippen LogP contribution in [0.25, 0.3) is 11.0 Å². The van der Waals surface area contributed by atoms with Crippen molar-refractivity contribution in [3.63, 3.8) is 0 Å². The molecule has 0 bridgehead atoms. The number of fused-ring (bicyclic) bond motifs is 1. The lowest BCUT2D eigenvalue weighted by molar-refractivity contribution is 0.360. The molecule has 0 saturated heterocycles. The molecule has 3 heteroatoms. The molecule has 98 valence electrons. The van der Waals surface area contributed by atoms with Crippen molar-refractivity contribution in [1.82, 2.24) is 10.2 Å². The summed E-state index contributed by atoms with van der Waals surface area (Å²) in [6.45, 7) is 4.11. The van der Waals surface area contributed by atoms with Crippen LogP contribution >= 0.6 is 0 Å². The number of benzene rings is 1. The highest BCUT2D eigenvalue weighted by molar-refractivity contribution is 5.77. The largest absolute Gasteiger partial charge is 0.460 e. The van der Waals surface area contributed by atoms with Gasteiger partial charge >= 0.3 is 0 Å². The minimum atomic E-state index is 0.501. The molecule has 18 heavy (non-hydrogen) atoms. The van der Waals surface area contributed by atoms with Crippen LogP contribution in [0.1, 0.15) is 19.1 Å². The van der Waals surface area contributed by atoms with E-state index < -0.39 is 0 Å². The second-order valence-corrected chi connectivity index (χ2v) is 5.12. The fraction of sp³-hybridized carbons (Fsp3) is 0.467. The third-order valence-corrected chi connectivity index (χ3v) is 3.11. The van der Waals surface area contributed by atoms with Gasteiger partial charge in [0.25, 0.3) is 0 Å². The van der Waals surface area contributed by atoms with Crippen LogP contribution < -0.4 is 5.32 Å². The summed E-state index contributed by atoms with van der Waals surface area (Å²) in [6, 6.07) is 10.7. The summed E-state index contributed by atoms with van der Waals surface area (Å²) in [6.07, 6.45) is 1.15. The number of hydrogen-bond acceptors (Lipinski definition) is 3. The van der Waals surface area contributed by atoms with Crippen molar-refractivity contribution in [2.24, 2.45) is 0 Å². The van der Waals surface area contributed by atoms with Gasteiger partial charge in [-0.05, 0) is 46.1 Å². The molecule has 0 radical (unpaired) electrons. The van der Waals surface area contributed by atoms with Crippen LogP contribution in [0.3, 0.4) is 0 Å². The second-order valence-electron chi connectivity index (χ2n) is 5.12. The van der Waals surface area contributed by atoms with E-state index in [1.807, 2.05) is 18.2 Å². The summed E-state index contributed by atoms with van der Waals surface area (Å²) in [7, 11) is 4.21. The zero-order valence-electron chi connectivity index (χ0n) is 11.4. The normalized spacial score (nSPS) is 13.3. The van der Waals surface area contributed by atoms with Gasteiger partial charge in [0, 0.05) is 11.4 Å². The van der Waals surface area contributed by atoms with E-state index in [9.17, 15) is 0 Å². The van der Waals surface area contributed by atoms with E-state index in [1.165, 1.54) is 5.39 Å². The molecule has 0 aliphatic heterocycles. The van der Waals surface area contributed by atoms with Crippen molar-refractivity contribution < 1.29 is 4.42 Å². The minimum Gasteiger partial charge on any atom is -0.460 e. The van der Waals surface area contributed by atoms with Gasteiger partial charge in [0.1, 0.15) is 11.3 Å². The molecule has 0 spiro atoms. The standard InChI is InChI=1S/C15H22N2O/c1-12(8-9-17(2)3)16-11-14-10-13-6-4-5-7-15(13)18-14/h4-7,10,12,16H,8-9,11H2,1-3H3. The van der Waals surface area contributed by atoms with Crippen LogP contribution in [0.15, 0.2) is 34.7 Å². The number of furan rings is 1. The molecule has 2 aromatic rings. The topological polar surface area (TPSA) is 28.4 Å². The van der Waals surface area contributed by atoms with Gasteiger partial charge in [0.2, 0.25) is 0 Å². The van der Waals surface area contributed by atoms with Gasteiger partial charge in [-0.15, -0.1) is 0 Å². The molecule has 1 atom stereocenters. The number of nitrogens with zero attached hydrogens (tertiary/aromatic N) is 1. The maximum Gasteiger partial charge on any atom is 0.134 e. The highest BCUT2D eigenvalue weighted by Gasteiger charge is 2.06. The van der Waals surface area contributed by atoms with Crippen molar-refractivity contribution in [2.75, 3.05) is 20.6 Å². The first-order chi connectivity index (χ1) is 8.65. The molecule has 1 unspecified atom stereocenters. The summed E-state index contributed by atoms with van der Waals surface area (Å²) in [5, 5.41) is 4.67. The maximum absolute atomic E-state index is 5.77. The zero-order chi connectivity index (χ0) is 13.0. The van der Waals surface area contributed by atoms with E-state index >= 15 is 0 Å². The predicted molar refractivity (Wildman–Crippen MR) is 75.7 cm³/mol. The molecule has 0 aliphatic rings. The molecule has 1 aromatic heterocycles. The molecule has 0 aliphatic carbocycles. The van der Waals surface area contributed by atoms with Gasteiger partial charge in [-0.3, -0.25) is 0 Å². The fourth-order valence-corrected chi connectivity index (χ4v) is 1.95. The first-order valence-corrected chi connectivity index (χ1v) is 6.50. The summed E-state index contributed by atoms with van der Waals surface area (Å²) >= 11 is 0. The average Bonchev–Trinajstić information content (AvgIpc) is 2.76. The van der Waals surface area contributed by atoms with Gasteiger partial charge < -0.3 is 14.6 Å². The Hall–Kier alpha value is -1.32. The Labute approximate surface area is 109 Å². The lowest BCUT2D eigenvalue weighted by atomic mass is 10.2. The SMILES string of the molecule is CC(CCN(C)C)NCc1cc2ccccc2o1. The van der Waals surface area contributed by atoms with E-state index in [2.05, 4.69) is 43.4 Å². The summed E-state index contributed by atoms with van der Waals surface area (Å²) in [4.78, 5) is 2.21. The van der Waals surface area contributed by atoms with Crippen LogP contribution in [0.2, 0.25) is 0 Å². The molecule has 0 saturated carbocycles. The Morgan fingerprint density at radius 1 is 1.28 bits per heavy atom. The van der Waals surface area contributed by atoms with Crippen LogP contribution in [0.4, 0.5) is 0 Å². The number of nitrogens with one attached hydrogen (secondary N) is 1. The Morgan fingerprint density at radius 3 is 2.78 bits per heavy atom. The Bertz CT molecular complexity index is 457. The van der Waals surface area contributed by atoms with E-state index in [0.29, 0.717) is 6.04 Å². The number of hydrogen-bond donors (Lipinski definition) is 1. The zero-order valence-corrected chi connectivity index (χ0v) is 11.4. The van der Waals surface area contributed by atoms with Crippen LogP contribution in [0.5, 0.6) is 0 Å². The Morgan fingerprint density at radius 2 is 2.06 bits per heavy atom. The first-order valence-electron chi connectivity index (χ1n) is 6.50. The van der Waals surface area contributed by atoms with E-state index in [4.69, 9.17) is 4.42 Å². The van der Waals surface area contributed by atoms with Gasteiger partial charge in [0.05, 0.1) is 6.54 Å². The van der Waals surface area contributed by atoms with Crippen molar-refractivity contribution in [2.45, 2.75) is 25.9 Å². The molecule has 2 rings (SSSR count). The molecule has 1 aromatic carbocycles. The third-order valence-electron chi connectivity index (χ3n) is 3.11. The Balaban J connectivity index is 1.86. The van der Waals surface area contributed by atoms with Gasteiger partial charge in [-0.1, -0.05) is 18.2 Å². The van der Waals surface area contributed by atoms with Gasteiger partial charge in [0.15, 0.2) is 0 Å². The minimum absolute atomic E-state index is 0.501. The quantitative estimate of drug-likeness (QED) is 0.849. The molecule has 0 fully saturated rings. The summed E-state index contributed by atoms with van der Waals surface area (Å²) in [5.74, 6) is 1.01. The van der Waals surface area contributed by atoms with E-state index in [1.54, 1.807) is 0 Å².